The molecular weight excluding hydrogens is 188 g/mol. The average molecular weight is 212 g/mol. The third-order valence-electron chi connectivity index (χ3n) is 3.13. The summed E-state index contributed by atoms with van der Waals surface area (Å²) < 4.78 is 0. The number of hydrogen-bond donors (Lipinski definition) is 2. The van der Waals surface area contributed by atoms with Crippen LogP contribution in [0.3, 0.4) is 0 Å². The number of rotatable bonds is 2. The number of carbonyl (C=O) groups excluding carboxylic acids is 1. The van der Waals surface area contributed by atoms with Crippen molar-refractivity contribution < 1.29 is 4.79 Å². The number of amides is 1. The Bertz CT molecular complexity index is 240. The van der Waals surface area contributed by atoms with E-state index in [2.05, 4.69) is 19.2 Å². The van der Waals surface area contributed by atoms with E-state index in [4.69, 9.17) is 5.73 Å². The maximum absolute atomic E-state index is 11.7. The van der Waals surface area contributed by atoms with Crippen molar-refractivity contribution in [3.63, 3.8) is 0 Å². The molecule has 1 fully saturated rings. The van der Waals surface area contributed by atoms with E-state index in [-0.39, 0.29) is 5.91 Å². The molecule has 0 heterocycles. The molecule has 1 rings (SSSR count). The topological polar surface area (TPSA) is 55.1 Å². The standard InChI is InChI=1S/C12H24N2O/c1-11(2)7-5-6-9(8-11)14-10(15)12(3,4)13/h9H,5-8,13H2,1-4H3,(H,14,15). The van der Waals surface area contributed by atoms with Crippen molar-refractivity contribution >= 4 is 5.91 Å². The first kappa shape index (κ1) is 12.5. The third-order valence-corrected chi connectivity index (χ3v) is 3.13. The summed E-state index contributed by atoms with van der Waals surface area (Å²) in [6.07, 6.45) is 4.61. The summed E-state index contributed by atoms with van der Waals surface area (Å²) >= 11 is 0. The Kier molecular flexibility index (Phi) is 3.44. The molecule has 88 valence electrons. The van der Waals surface area contributed by atoms with Crippen molar-refractivity contribution in [1.29, 1.82) is 0 Å². The van der Waals surface area contributed by atoms with Crippen molar-refractivity contribution in [1.82, 2.24) is 5.32 Å². The quantitative estimate of drug-likeness (QED) is 0.733. The zero-order chi connectivity index (χ0) is 11.7. The molecule has 3 heteroatoms. The van der Waals surface area contributed by atoms with Crippen LogP contribution >= 0.6 is 0 Å². The molecule has 1 aliphatic rings. The van der Waals surface area contributed by atoms with Gasteiger partial charge in [0.05, 0.1) is 5.54 Å². The molecule has 15 heavy (non-hydrogen) atoms. The first-order valence-electron chi connectivity index (χ1n) is 5.81. The summed E-state index contributed by atoms with van der Waals surface area (Å²) in [5.41, 5.74) is 5.35. The second-order valence-corrected chi connectivity index (χ2v) is 6.15. The molecule has 3 nitrogen and oxygen atoms in total. The molecule has 1 aliphatic carbocycles. The summed E-state index contributed by atoms with van der Waals surface area (Å²) in [6, 6.07) is 0.309. The molecule has 0 radical (unpaired) electrons. The summed E-state index contributed by atoms with van der Waals surface area (Å²) in [7, 11) is 0. The van der Waals surface area contributed by atoms with Crippen LogP contribution < -0.4 is 11.1 Å². The smallest absolute Gasteiger partial charge is 0.239 e. The SMILES string of the molecule is CC1(C)CCCC(NC(=O)C(C)(C)N)C1. The van der Waals surface area contributed by atoms with Crippen LogP contribution in [0.25, 0.3) is 0 Å². The monoisotopic (exact) mass is 212 g/mol. The fraction of sp³-hybridized carbons (Fsp3) is 0.917. The highest BCUT2D eigenvalue weighted by atomic mass is 16.2. The van der Waals surface area contributed by atoms with Gasteiger partial charge in [-0.2, -0.15) is 0 Å². The normalized spacial score (nSPS) is 26.1. The molecule has 1 unspecified atom stereocenters. The lowest BCUT2D eigenvalue weighted by molar-refractivity contribution is -0.126. The molecule has 0 aliphatic heterocycles. The van der Waals surface area contributed by atoms with Gasteiger partial charge in [-0.3, -0.25) is 4.79 Å². The summed E-state index contributed by atoms with van der Waals surface area (Å²) in [6.45, 7) is 8.02. The summed E-state index contributed by atoms with van der Waals surface area (Å²) in [4.78, 5) is 11.7. The third kappa shape index (κ3) is 3.82. The number of nitrogens with two attached hydrogens (primary N) is 1. The minimum Gasteiger partial charge on any atom is -0.352 e. The highest BCUT2D eigenvalue weighted by molar-refractivity contribution is 5.85. The zero-order valence-corrected chi connectivity index (χ0v) is 10.4. The van der Waals surface area contributed by atoms with Crippen LogP contribution in [0.5, 0.6) is 0 Å². The lowest BCUT2D eigenvalue weighted by Crippen LogP contribution is -2.53. The number of nitrogens with one attached hydrogen (secondary N) is 1. The van der Waals surface area contributed by atoms with Crippen LogP contribution in [-0.4, -0.2) is 17.5 Å². The van der Waals surface area contributed by atoms with Gasteiger partial charge in [0.2, 0.25) is 5.91 Å². The highest BCUT2D eigenvalue weighted by Crippen LogP contribution is 2.35. The van der Waals surface area contributed by atoms with Crippen molar-refractivity contribution in [3.05, 3.63) is 0 Å². The van der Waals surface area contributed by atoms with Crippen molar-refractivity contribution in [3.8, 4) is 0 Å². The van der Waals surface area contributed by atoms with E-state index in [1.165, 1.54) is 12.8 Å². The van der Waals surface area contributed by atoms with Crippen LogP contribution in [0.4, 0.5) is 0 Å². The van der Waals surface area contributed by atoms with E-state index < -0.39 is 5.54 Å². The molecule has 0 aromatic heterocycles. The summed E-state index contributed by atoms with van der Waals surface area (Å²) in [5, 5.41) is 3.05. The van der Waals surface area contributed by atoms with Gasteiger partial charge in [0, 0.05) is 6.04 Å². The van der Waals surface area contributed by atoms with Gasteiger partial charge >= 0.3 is 0 Å². The van der Waals surface area contributed by atoms with E-state index in [1.807, 2.05) is 0 Å². The van der Waals surface area contributed by atoms with Crippen LogP contribution in [0.2, 0.25) is 0 Å². The minimum absolute atomic E-state index is 0.0369. The van der Waals surface area contributed by atoms with Gasteiger partial charge in [-0.15, -0.1) is 0 Å². The Balaban J connectivity index is 2.49. The molecule has 1 saturated carbocycles. The molecular formula is C12H24N2O. The van der Waals surface area contributed by atoms with E-state index in [9.17, 15) is 4.79 Å². The highest BCUT2D eigenvalue weighted by Gasteiger charge is 2.31. The van der Waals surface area contributed by atoms with Gasteiger partial charge in [-0.05, 0) is 38.5 Å². The van der Waals surface area contributed by atoms with Crippen molar-refractivity contribution in [2.45, 2.75) is 65.0 Å². The van der Waals surface area contributed by atoms with E-state index in [1.54, 1.807) is 13.8 Å². The first-order valence-corrected chi connectivity index (χ1v) is 5.81. The Labute approximate surface area is 92.8 Å². The minimum atomic E-state index is -0.762. The van der Waals surface area contributed by atoms with Crippen LogP contribution in [0.1, 0.15) is 53.4 Å². The lowest BCUT2D eigenvalue weighted by atomic mass is 9.75. The largest absolute Gasteiger partial charge is 0.352 e. The molecule has 0 saturated heterocycles. The number of carbonyl (C=O) groups is 1. The van der Waals surface area contributed by atoms with Crippen molar-refractivity contribution in [2.75, 3.05) is 0 Å². The van der Waals surface area contributed by atoms with Gasteiger partial charge < -0.3 is 11.1 Å². The Hall–Kier alpha value is -0.570. The maximum atomic E-state index is 11.7. The Morgan fingerprint density at radius 2 is 2.07 bits per heavy atom. The molecule has 3 N–H and O–H groups in total. The van der Waals surface area contributed by atoms with Gasteiger partial charge in [0.15, 0.2) is 0 Å². The average Bonchev–Trinajstić information content (AvgIpc) is 2.00. The number of hydrogen-bond acceptors (Lipinski definition) is 2. The second-order valence-electron chi connectivity index (χ2n) is 6.15. The van der Waals surface area contributed by atoms with Crippen molar-refractivity contribution in [2.24, 2.45) is 11.1 Å². The maximum Gasteiger partial charge on any atom is 0.239 e. The van der Waals surface area contributed by atoms with E-state index >= 15 is 0 Å². The van der Waals surface area contributed by atoms with Crippen LogP contribution in [-0.2, 0) is 4.79 Å². The Morgan fingerprint density at radius 3 is 2.53 bits per heavy atom. The van der Waals surface area contributed by atoms with E-state index in [0.717, 1.165) is 12.8 Å². The van der Waals surface area contributed by atoms with Crippen LogP contribution in [0.15, 0.2) is 0 Å². The van der Waals surface area contributed by atoms with E-state index in [0.29, 0.717) is 11.5 Å². The predicted octanol–water partition coefficient (Wildman–Crippen LogP) is 1.81. The molecule has 0 aromatic carbocycles. The van der Waals surface area contributed by atoms with Gasteiger partial charge in [0.1, 0.15) is 0 Å². The van der Waals surface area contributed by atoms with Gasteiger partial charge in [-0.25, -0.2) is 0 Å². The second kappa shape index (κ2) is 4.12. The predicted molar refractivity (Wildman–Crippen MR) is 62.4 cm³/mol. The molecule has 0 aromatic rings. The zero-order valence-electron chi connectivity index (χ0n) is 10.4. The fourth-order valence-electron chi connectivity index (χ4n) is 2.19. The first-order chi connectivity index (χ1) is 6.71. The molecule has 0 bridgehead atoms. The molecule has 1 atom stereocenters. The Morgan fingerprint density at radius 1 is 1.47 bits per heavy atom. The summed E-state index contributed by atoms with van der Waals surface area (Å²) in [5.74, 6) is -0.0369. The van der Waals surface area contributed by atoms with Crippen LogP contribution in [0, 0.1) is 5.41 Å². The van der Waals surface area contributed by atoms with Gasteiger partial charge in [0.25, 0.3) is 0 Å². The van der Waals surface area contributed by atoms with Gasteiger partial charge in [-0.1, -0.05) is 20.3 Å². The lowest BCUT2D eigenvalue weighted by Gasteiger charge is -2.36. The molecule has 0 spiro atoms. The molecule has 1 amide bonds. The fourth-order valence-corrected chi connectivity index (χ4v) is 2.19.